The first-order valence-corrected chi connectivity index (χ1v) is 8.17. The number of piperidine rings is 1. The number of rotatable bonds is 3. The van der Waals surface area contributed by atoms with E-state index in [9.17, 15) is 9.59 Å². The maximum absolute atomic E-state index is 12.0. The van der Waals surface area contributed by atoms with Crippen LogP contribution >= 0.6 is 0 Å². The molecule has 0 aromatic rings. The van der Waals surface area contributed by atoms with Gasteiger partial charge in [0.15, 0.2) is 0 Å². The highest BCUT2D eigenvalue weighted by atomic mass is 16.6. The number of carbonyl (C=O) groups excluding carboxylic acids is 2. The van der Waals surface area contributed by atoms with E-state index in [1.807, 2.05) is 20.8 Å². The van der Waals surface area contributed by atoms with Crippen LogP contribution in [0.3, 0.4) is 0 Å². The summed E-state index contributed by atoms with van der Waals surface area (Å²) in [5.74, 6) is 0.224. The highest BCUT2D eigenvalue weighted by molar-refractivity contribution is 5.70. The van der Waals surface area contributed by atoms with Crippen molar-refractivity contribution in [3.05, 3.63) is 12.2 Å². The second-order valence-electron chi connectivity index (χ2n) is 7.13. The summed E-state index contributed by atoms with van der Waals surface area (Å²) >= 11 is 0. The van der Waals surface area contributed by atoms with Gasteiger partial charge in [-0.25, -0.2) is 4.79 Å². The largest absolute Gasteiger partial charge is 0.462 e. The second kappa shape index (κ2) is 7.16. The van der Waals surface area contributed by atoms with E-state index in [1.165, 1.54) is 0 Å². The van der Waals surface area contributed by atoms with Gasteiger partial charge >= 0.3 is 12.1 Å². The van der Waals surface area contributed by atoms with Crippen LogP contribution in [-0.4, -0.2) is 41.8 Å². The number of amides is 1. The molecule has 1 unspecified atom stereocenters. The Hall–Kier alpha value is -1.52. The van der Waals surface area contributed by atoms with Crippen molar-refractivity contribution in [2.45, 2.75) is 64.6 Å². The van der Waals surface area contributed by atoms with Crippen molar-refractivity contribution in [3.63, 3.8) is 0 Å². The summed E-state index contributed by atoms with van der Waals surface area (Å²) in [4.78, 5) is 25.6. The zero-order valence-corrected chi connectivity index (χ0v) is 13.8. The molecule has 0 radical (unpaired) electrons. The molecule has 0 aromatic heterocycles. The molecule has 124 valence electrons. The van der Waals surface area contributed by atoms with Gasteiger partial charge in [0.1, 0.15) is 11.7 Å². The molecule has 5 nitrogen and oxygen atoms in total. The van der Waals surface area contributed by atoms with Crippen LogP contribution in [0.15, 0.2) is 12.2 Å². The summed E-state index contributed by atoms with van der Waals surface area (Å²) in [6.07, 6.45) is 7.83. The monoisotopic (exact) mass is 309 g/mol. The third kappa shape index (κ3) is 5.35. The van der Waals surface area contributed by atoms with E-state index in [0.29, 0.717) is 38.3 Å². The second-order valence-corrected chi connectivity index (χ2v) is 7.13. The van der Waals surface area contributed by atoms with Crippen LogP contribution in [0.1, 0.15) is 52.9 Å². The first-order chi connectivity index (χ1) is 10.3. The molecule has 1 atom stereocenters. The van der Waals surface area contributed by atoms with Crippen molar-refractivity contribution in [1.29, 1.82) is 0 Å². The summed E-state index contributed by atoms with van der Waals surface area (Å²) in [5, 5.41) is 0. The first-order valence-electron chi connectivity index (χ1n) is 8.17. The van der Waals surface area contributed by atoms with Crippen molar-refractivity contribution in [3.8, 4) is 0 Å². The zero-order valence-electron chi connectivity index (χ0n) is 13.8. The number of allylic oxidation sites excluding steroid dienone is 2. The number of hydrogen-bond donors (Lipinski definition) is 0. The minimum absolute atomic E-state index is 0.0726. The summed E-state index contributed by atoms with van der Waals surface area (Å²) in [5.41, 5.74) is -0.477. The van der Waals surface area contributed by atoms with E-state index in [1.54, 1.807) is 4.90 Å². The molecule has 0 bridgehead atoms. The van der Waals surface area contributed by atoms with Crippen LogP contribution in [0.25, 0.3) is 0 Å². The third-order valence-corrected chi connectivity index (χ3v) is 3.93. The smallest absolute Gasteiger partial charge is 0.410 e. The van der Waals surface area contributed by atoms with Crippen molar-refractivity contribution >= 4 is 12.1 Å². The van der Waals surface area contributed by atoms with Crippen molar-refractivity contribution < 1.29 is 19.1 Å². The molecule has 2 rings (SSSR count). The normalized spacial score (nSPS) is 22.7. The number of nitrogens with zero attached hydrogens (tertiary/aromatic N) is 1. The Morgan fingerprint density at radius 2 is 1.86 bits per heavy atom. The van der Waals surface area contributed by atoms with Gasteiger partial charge in [-0.3, -0.25) is 4.79 Å². The van der Waals surface area contributed by atoms with Crippen LogP contribution in [0.4, 0.5) is 4.79 Å². The van der Waals surface area contributed by atoms with E-state index in [4.69, 9.17) is 9.47 Å². The molecule has 1 amide bonds. The van der Waals surface area contributed by atoms with Crippen molar-refractivity contribution in [2.75, 3.05) is 13.1 Å². The molecule has 2 aliphatic rings. The lowest BCUT2D eigenvalue weighted by atomic mass is 10.1. The Morgan fingerprint density at radius 1 is 1.18 bits per heavy atom. The SMILES string of the molecule is CC(C)(C)OC(=O)N1CCC(OC(=O)CC2C=CCC2)CC1. The van der Waals surface area contributed by atoms with Gasteiger partial charge in [0, 0.05) is 25.9 Å². The van der Waals surface area contributed by atoms with Crippen LogP contribution in [0.5, 0.6) is 0 Å². The standard InChI is InChI=1S/C17H27NO4/c1-17(2,3)22-16(20)18-10-8-14(9-11-18)21-15(19)12-13-6-4-5-7-13/h4,6,13-14H,5,7-12H2,1-3H3. The van der Waals surface area contributed by atoms with Gasteiger partial charge in [0.25, 0.3) is 0 Å². The predicted molar refractivity (Wildman–Crippen MR) is 83.4 cm³/mol. The van der Waals surface area contributed by atoms with Gasteiger partial charge in [-0.05, 0) is 39.5 Å². The molecule has 1 aliphatic carbocycles. The summed E-state index contributed by atoms with van der Waals surface area (Å²) < 4.78 is 10.9. The summed E-state index contributed by atoms with van der Waals surface area (Å²) in [7, 11) is 0. The highest BCUT2D eigenvalue weighted by Gasteiger charge is 2.28. The molecule has 1 fully saturated rings. The first kappa shape index (κ1) is 16.8. The summed E-state index contributed by atoms with van der Waals surface area (Å²) in [6, 6.07) is 0. The van der Waals surface area contributed by atoms with Crippen LogP contribution in [0.2, 0.25) is 0 Å². The van der Waals surface area contributed by atoms with Crippen molar-refractivity contribution in [1.82, 2.24) is 4.90 Å². The van der Waals surface area contributed by atoms with Crippen LogP contribution < -0.4 is 0 Å². The number of esters is 1. The molecule has 0 spiro atoms. The third-order valence-electron chi connectivity index (χ3n) is 3.93. The summed E-state index contributed by atoms with van der Waals surface area (Å²) in [6.45, 7) is 6.73. The minimum Gasteiger partial charge on any atom is -0.462 e. The van der Waals surface area contributed by atoms with E-state index >= 15 is 0 Å². The number of carbonyl (C=O) groups is 2. The molecule has 1 saturated heterocycles. The van der Waals surface area contributed by atoms with Gasteiger partial charge in [-0.1, -0.05) is 12.2 Å². The zero-order chi connectivity index (χ0) is 16.2. The maximum atomic E-state index is 12.0. The Morgan fingerprint density at radius 3 is 2.41 bits per heavy atom. The molecule has 0 saturated carbocycles. The number of likely N-dealkylation sites (tertiary alicyclic amines) is 1. The fourth-order valence-corrected chi connectivity index (χ4v) is 2.80. The van der Waals surface area contributed by atoms with Crippen LogP contribution in [0, 0.1) is 5.92 Å². The molecule has 5 heteroatoms. The average Bonchev–Trinajstić information content (AvgIpc) is 2.90. The molecule has 0 aromatic carbocycles. The van der Waals surface area contributed by atoms with Gasteiger partial charge in [0.2, 0.25) is 0 Å². The van der Waals surface area contributed by atoms with E-state index < -0.39 is 5.60 Å². The Labute approximate surface area is 132 Å². The molecule has 0 N–H and O–H groups in total. The minimum atomic E-state index is -0.477. The lowest BCUT2D eigenvalue weighted by molar-refractivity contribution is -0.151. The van der Waals surface area contributed by atoms with Gasteiger partial charge < -0.3 is 14.4 Å². The predicted octanol–water partition coefficient (Wildman–Crippen LogP) is 3.29. The van der Waals surface area contributed by atoms with Gasteiger partial charge in [-0.2, -0.15) is 0 Å². The quantitative estimate of drug-likeness (QED) is 0.593. The average molecular weight is 309 g/mol. The molecular weight excluding hydrogens is 282 g/mol. The fraction of sp³-hybridized carbons (Fsp3) is 0.765. The number of ether oxygens (including phenoxy) is 2. The van der Waals surface area contributed by atoms with Gasteiger partial charge in [0.05, 0.1) is 6.42 Å². The fourth-order valence-electron chi connectivity index (χ4n) is 2.80. The topological polar surface area (TPSA) is 55.8 Å². The van der Waals surface area contributed by atoms with Crippen molar-refractivity contribution in [2.24, 2.45) is 5.92 Å². The number of hydrogen-bond acceptors (Lipinski definition) is 4. The Kier molecular flexibility index (Phi) is 5.48. The lowest BCUT2D eigenvalue weighted by Gasteiger charge is -2.33. The van der Waals surface area contributed by atoms with E-state index in [-0.39, 0.29) is 18.2 Å². The Balaban J connectivity index is 1.69. The maximum Gasteiger partial charge on any atom is 0.410 e. The molecule has 1 aliphatic heterocycles. The molecule has 22 heavy (non-hydrogen) atoms. The molecule has 1 heterocycles. The lowest BCUT2D eigenvalue weighted by Crippen LogP contribution is -2.43. The highest BCUT2D eigenvalue weighted by Crippen LogP contribution is 2.22. The van der Waals surface area contributed by atoms with E-state index in [2.05, 4.69) is 12.2 Å². The van der Waals surface area contributed by atoms with Gasteiger partial charge in [-0.15, -0.1) is 0 Å². The van der Waals surface area contributed by atoms with Crippen LogP contribution in [-0.2, 0) is 14.3 Å². The van der Waals surface area contributed by atoms with E-state index in [0.717, 1.165) is 12.8 Å². The molecular formula is C17H27NO4. The Bertz CT molecular complexity index is 430.